The Kier molecular flexibility index (Phi) is 9.15. The van der Waals surface area contributed by atoms with Gasteiger partial charge in [0.15, 0.2) is 0 Å². The third kappa shape index (κ3) is 6.60. The van der Waals surface area contributed by atoms with Gasteiger partial charge < -0.3 is 15.2 Å². The van der Waals surface area contributed by atoms with Gasteiger partial charge in [0.25, 0.3) is 5.56 Å². The Bertz CT molecular complexity index is 1970. The molecule has 3 heterocycles. The number of hydrogen-bond donors (Lipinski definition) is 2. The highest BCUT2D eigenvalue weighted by molar-refractivity contribution is 5.85. The molecule has 2 aliphatic rings. The number of amides is 1. The van der Waals surface area contributed by atoms with Gasteiger partial charge in [-0.2, -0.15) is 0 Å². The summed E-state index contributed by atoms with van der Waals surface area (Å²) in [7, 11) is 0. The molecule has 2 atom stereocenters. The Labute approximate surface area is 275 Å². The number of likely N-dealkylation sites (tertiary alicyclic amines) is 1. The Morgan fingerprint density at radius 3 is 2.48 bits per heavy atom. The molecule has 3 aromatic carbocycles. The number of nitrogens with zero attached hydrogens (tertiary/aromatic N) is 2. The second kappa shape index (κ2) is 13.3. The number of rotatable bonds is 6. The van der Waals surface area contributed by atoms with Gasteiger partial charge in [-0.15, -0.1) is 0 Å². The minimum atomic E-state index is -1.59. The number of carbonyl (C=O) groups is 2. The predicted molar refractivity (Wildman–Crippen MR) is 174 cm³/mol. The van der Waals surface area contributed by atoms with Crippen LogP contribution in [-0.4, -0.2) is 52.3 Å². The topological polar surface area (TPSA) is 101 Å². The third-order valence-corrected chi connectivity index (χ3v) is 9.06. The smallest absolute Gasteiger partial charge is 0.305 e. The number of hydrogen-bond acceptors (Lipinski definition) is 5. The summed E-state index contributed by atoms with van der Waals surface area (Å²) in [6.07, 6.45) is 0.362. The van der Waals surface area contributed by atoms with E-state index in [1.54, 1.807) is 32.0 Å². The van der Waals surface area contributed by atoms with Crippen molar-refractivity contribution < 1.29 is 32.6 Å². The molecule has 48 heavy (non-hydrogen) atoms. The fourth-order valence-electron chi connectivity index (χ4n) is 6.58. The van der Waals surface area contributed by atoms with E-state index < -0.39 is 53.7 Å². The Balaban J connectivity index is 1.53. The van der Waals surface area contributed by atoms with Crippen LogP contribution in [-0.2, 0) is 22.6 Å². The van der Waals surface area contributed by atoms with Gasteiger partial charge >= 0.3 is 5.97 Å². The number of pyridine rings is 1. The van der Waals surface area contributed by atoms with Crippen LogP contribution in [0.15, 0.2) is 65.6 Å². The molecule has 11 heteroatoms. The van der Waals surface area contributed by atoms with Crippen LogP contribution in [0.2, 0.25) is 0 Å². The number of aliphatic carboxylic acids is 1. The van der Waals surface area contributed by atoms with Crippen LogP contribution >= 0.6 is 0 Å². The zero-order valence-corrected chi connectivity index (χ0v) is 26.9. The van der Waals surface area contributed by atoms with E-state index in [4.69, 9.17) is 4.74 Å². The molecule has 0 aliphatic carbocycles. The van der Waals surface area contributed by atoms with E-state index >= 15 is 8.78 Å². The lowest BCUT2D eigenvalue weighted by molar-refractivity contribution is -0.137. The van der Waals surface area contributed by atoms with Gasteiger partial charge in [-0.1, -0.05) is 18.2 Å². The van der Waals surface area contributed by atoms with Crippen molar-refractivity contribution in [1.82, 2.24) is 14.8 Å². The van der Waals surface area contributed by atoms with E-state index in [9.17, 15) is 23.9 Å². The number of ether oxygens (including phenoxy) is 1. The van der Waals surface area contributed by atoms with E-state index in [0.29, 0.717) is 59.6 Å². The molecule has 0 spiro atoms. The lowest BCUT2D eigenvalue weighted by Gasteiger charge is -2.34. The van der Waals surface area contributed by atoms with Crippen LogP contribution in [0.25, 0.3) is 11.1 Å². The van der Waals surface area contributed by atoms with Crippen LogP contribution in [0.5, 0.6) is 5.75 Å². The Morgan fingerprint density at radius 1 is 0.979 bits per heavy atom. The molecular weight excluding hydrogens is 623 g/mol. The predicted octanol–water partition coefficient (Wildman–Crippen LogP) is 5.73. The molecule has 8 nitrogen and oxygen atoms in total. The number of alkyl halides is 1. The molecule has 0 saturated carbocycles. The molecule has 6 rings (SSSR count). The van der Waals surface area contributed by atoms with Crippen molar-refractivity contribution in [2.75, 3.05) is 19.6 Å². The maximum absolute atomic E-state index is 15.9. The molecule has 1 aromatic heterocycles. The third-order valence-electron chi connectivity index (χ3n) is 9.06. The van der Waals surface area contributed by atoms with Gasteiger partial charge in [0.05, 0.1) is 12.5 Å². The van der Waals surface area contributed by atoms with Crippen molar-refractivity contribution in [3.63, 3.8) is 0 Å². The van der Waals surface area contributed by atoms with Crippen LogP contribution in [0, 0.1) is 32.4 Å². The summed E-state index contributed by atoms with van der Waals surface area (Å²) in [6, 6.07) is 11.5. The van der Waals surface area contributed by atoms with Gasteiger partial charge in [0.2, 0.25) is 5.91 Å². The summed E-state index contributed by atoms with van der Waals surface area (Å²) < 4.78 is 52.5. The average Bonchev–Trinajstić information content (AvgIpc) is 3.01. The fourth-order valence-corrected chi connectivity index (χ4v) is 6.58. The summed E-state index contributed by atoms with van der Waals surface area (Å²) in [5.41, 5.74) is 3.00. The number of carboxylic acid groups (broad SMARTS) is 1. The molecule has 1 fully saturated rings. The van der Waals surface area contributed by atoms with E-state index in [-0.39, 0.29) is 23.3 Å². The number of carboxylic acids is 1. The number of benzene rings is 3. The Morgan fingerprint density at radius 2 is 1.75 bits per heavy atom. The van der Waals surface area contributed by atoms with Crippen molar-refractivity contribution in [3.05, 3.63) is 122 Å². The fraction of sp³-hybridized carbons (Fsp3) is 0.324. The van der Waals surface area contributed by atoms with Crippen molar-refractivity contribution in [1.29, 1.82) is 0 Å². The quantitative estimate of drug-likeness (QED) is 0.275. The highest BCUT2D eigenvalue weighted by Crippen LogP contribution is 2.38. The van der Waals surface area contributed by atoms with Crippen LogP contribution in [0.3, 0.4) is 0 Å². The molecule has 1 saturated heterocycles. The zero-order valence-electron chi connectivity index (χ0n) is 26.9. The van der Waals surface area contributed by atoms with E-state index in [0.717, 1.165) is 10.1 Å². The van der Waals surface area contributed by atoms with E-state index in [1.807, 2.05) is 24.0 Å². The number of carbonyl (C=O) groups excluding carboxylic acids is 1. The number of nitrogens with one attached hydrogen (secondary N) is 1. The molecule has 2 N–H and O–H groups in total. The Hall–Kier alpha value is -4.90. The van der Waals surface area contributed by atoms with E-state index in [1.165, 1.54) is 30.5 Å². The molecule has 2 unspecified atom stereocenters. The van der Waals surface area contributed by atoms with Gasteiger partial charge in [-0.05, 0) is 91.4 Å². The molecule has 4 aromatic rings. The molecule has 1 amide bonds. The first-order valence-corrected chi connectivity index (χ1v) is 15.8. The van der Waals surface area contributed by atoms with Gasteiger partial charge in [-0.25, -0.2) is 13.2 Å². The van der Waals surface area contributed by atoms with Crippen molar-refractivity contribution >= 4 is 11.9 Å². The lowest BCUT2D eigenvalue weighted by atomic mass is 9.91. The molecule has 250 valence electrons. The molecule has 4 bridgehead atoms. The summed E-state index contributed by atoms with van der Waals surface area (Å²) >= 11 is 0. The minimum Gasteiger partial charge on any atom is -0.488 e. The largest absolute Gasteiger partial charge is 0.488 e. The standard InChI is InChI=1S/C37H36F3N3O5/c1-20-5-4-6-31-33(20)25-12-21(2)34(40)28(14-25)30(15-32(44)45)41-36(46)35(27-13-24(19-48-31)7-8-29(27)39)43-16-23(11-22(3)37(43)47)9-10-42-17-26(38)18-42/h4-8,11-14,16,26,30,35H,9-10,15,17-19H2,1-3H3,(H,41,46)(H,44,45). The summed E-state index contributed by atoms with van der Waals surface area (Å²) in [6.45, 7) is 6.15. The number of aryl methyl sites for hydroxylation is 3. The first kappa shape index (κ1) is 33.0. The van der Waals surface area contributed by atoms with Gasteiger partial charge in [-0.3, -0.25) is 23.9 Å². The van der Waals surface area contributed by atoms with Crippen LogP contribution in [0.1, 0.15) is 57.4 Å². The van der Waals surface area contributed by atoms with Crippen LogP contribution < -0.4 is 15.6 Å². The first-order valence-electron chi connectivity index (χ1n) is 15.8. The van der Waals surface area contributed by atoms with E-state index in [2.05, 4.69) is 5.32 Å². The number of halogens is 3. The number of fused-ring (bicyclic) bond motifs is 6. The van der Waals surface area contributed by atoms with Gasteiger partial charge in [0, 0.05) is 48.1 Å². The lowest BCUT2D eigenvalue weighted by Crippen LogP contribution is -2.49. The maximum Gasteiger partial charge on any atom is 0.305 e. The minimum absolute atomic E-state index is 0.00783. The second-order valence-corrected chi connectivity index (χ2v) is 12.7. The molecular formula is C37H36F3N3O5. The van der Waals surface area contributed by atoms with Crippen molar-refractivity contribution in [2.45, 2.75) is 58.5 Å². The normalized spacial score (nSPS) is 18.2. The summed E-state index contributed by atoms with van der Waals surface area (Å²) in [5, 5.41) is 12.6. The summed E-state index contributed by atoms with van der Waals surface area (Å²) in [5.74, 6) is -3.19. The zero-order chi connectivity index (χ0) is 34.3. The molecule has 2 aliphatic heterocycles. The van der Waals surface area contributed by atoms with Crippen LogP contribution in [0.4, 0.5) is 13.2 Å². The second-order valence-electron chi connectivity index (χ2n) is 12.7. The van der Waals surface area contributed by atoms with Crippen molar-refractivity contribution in [2.24, 2.45) is 0 Å². The van der Waals surface area contributed by atoms with Crippen molar-refractivity contribution in [3.8, 4) is 16.9 Å². The maximum atomic E-state index is 15.9. The highest BCUT2D eigenvalue weighted by Gasteiger charge is 2.33. The monoisotopic (exact) mass is 659 g/mol. The SMILES string of the molecule is Cc1cc2cc(c1F)C(CC(=O)O)NC(=O)C(n1cc(CCN3CC(F)C3)cc(C)c1=O)c1cc(ccc1F)COc1cccc(C)c1-2. The highest BCUT2D eigenvalue weighted by atomic mass is 19.1. The first-order chi connectivity index (χ1) is 22.9. The van der Waals surface area contributed by atoms with Gasteiger partial charge in [0.1, 0.15) is 36.2 Å². The number of aromatic nitrogens is 1. The average molecular weight is 660 g/mol. The molecule has 0 radical (unpaired) electrons. The summed E-state index contributed by atoms with van der Waals surface area (Å²) in [4.78, 5) is 42.1.